The van der Waals surface area contributed by atoms with E-state index in [2.05, 4.69) is 5.21 Å². The quantitative estimate of drug-likeness (QED) is 0.636. The van der Waals surface area contributed by atoms with Crippen LogP contribution in [0, 0.1) is 12.8 Å². The van der Waals surface area contributed by atoms with Gasteiger partial charge in [0.1, 0.15) is 18.1 Å². The van der Waals surface area contributed by atoms with Crippen LogP contribution >= 0.6 is 0 Å². The van der Waals surface area contributed by atoms with Gasteiger partial charge < -0.3 is 9.47 Å². The van der Waals surface area contributed by atoms with Gasteiger partial charge >= 0.3 is 5.69 Å². The number of nitrogens with one attached hydrogen (secondary N) is 1. The van der Waals surface area contributed by atoms with E-state index in [1.807, 2.05) is 45.0 Å². The number of aromatic amines is 1. The van der Waals surface area contributed by atoms with Crippen LogP contribution in [-0.2, 0) is 13.7 Å². The van der Waals surface area contributed by atoms with Gasteiger partial charge in [0.05, 0.1) is 18.4 Å². The Morgan fingerprint density at radius 1 is 1.18 bits per heavy atom. The fourth-order valence-corrected chi connectivity index (χ4v) is 3.05. The molecule has 1 heterocycles. The molecule has 0 radical (unpaired) electrons. The molecule has 1 N–H and O–H groups in total. The fourth-order valence-electron chi connectivity index (χ4n) is 3.05. The number of carbonyl (C=O) groups excluding carboxylic acids is 1. The molecular formula is C21H25N3O4. The molecule has 0 atom stereocenters. The lowest BCUT2D eigenvalue weighted by Gasteiger charge is -2.19. The molecule has 0 spiro atoms. The number of aromatic nitrogens is 3. The van der Waals surface area contributed by atoms with Crippen molar-refractivity contribution < 1.29 is 14.3 Å². The zero-order valence-corrected chi connectivity index (χ0v) is 16.8. The van der Waals surface area contributed by atoms with Crippen molar-refractivity contribution in [3.63, 3.8) is 0 Å². The number of H-pyrrole nitrogens is 1. The van der Waals surface area contributed by atoms with Crippen LogP contribution in [0.5, 0.6) is 11.5 Å². The van der Waals surface area contributed by atoms with Gasteiger partial charge in [-0.15, -0.1) is 0 Å². The number of hydrogen-bond donors (Lipinski definition) is 1. The first-order valence-corrected chi connectivity index (χ1v) is 9.11. The summed E-state index contributed by atoms with van der Waals surface area (Å²) in [6, 6.07) is 10.9. The Labute approximate surface area is 163 Å². The minimum Gasteiger partial charge on any atom is -0.496 e. The van der Waals surface area contributed by atoms with Crippen LogP contribution in [0.25, 0.3) is 5.69 Å². The largest absolute Gasteiger partial charge is 0.496 e. The van der Waals surface area contributed by atoms with E-state index in [9.17, 15) is 9.59 Å². The fraction of sp³-hybridized carbons (Fsp3) is 0.333. The monoisotopic (exact) mass is 383 g/mol. The van der Waals surface area contributed by atoms with Crippen LogP contribution in [0.15, 0.2) is 41.2 Å². The zero-order chi connectivity index (χ0) is 20.4. The van der Waals surface area contributed by atoms with Gasteiger partial charge in [0, 0.05) is 18.5 Å². The van der Waals surface area contributed by atoms with Crippen molar-refractivity contribution in [3.8, 4) is 17.2 Å². The maximum atomic E-state index is 12.2. The van der Waals surface area contributed by atoms with Crippen LogP contribution in [0.1, 0.15) is 35.3 Å². The summed E-state index contributed by atoms with van der Waals surface area (Å²) in [5.41, 5.74) is 2.81. The van der Waals surface area contributed by atoms with Crippen LogP contribution in [0.4, 0.5) is 0 Å². The second-order valence-corrected chi connectivity index (χ2v) is 7.02. The lowest BCUT2D eigenvalue weighted by molar-refractivity contribution is 0.0939. The van der Waals surface area contributed by atoms with Gasteiger partial charge in [0.2, 0.25) is 0 Å². The van der Waals surface area contributed by atoms with Gasteiger partial charge in [-0.3, -0.25) is 4.79 Å². The Balaban J connectivity index is 1.88. The summed E-state index contributed by atoms with van der Waals surface area (Å²) in [5.74, 6) is 1.36. The Bertz CT molecular complexity index is 1060. The van der Waals surface area contributed by atoms with Crippen molar-refractivity contribution in [1.29, 1.82) is 0 Å². The molecule has 148 valence electrons. The highest BCUT2D eigenvalue weighted by Crippen LogP contribution is 2.28. The molecule has 0 aliphatic rings. The van der Waals surface area contributed by atoms with E-state index in [0.29, 0.717) is 22.7 Å². The molecule has 0 bridgehead atoms. The molecule has 3 aromatic rings. The van der Waals surface area contributed by atoms with Gasteiger partial charge in [0.15, 0.2) is 5.78 Å². The number of ether oxygens (including phenoxy) is 2. The third kappa shape index (κ3) is 3.60. The topological polar surface area (TPSA) is 78.2 Å². The second-order valence-electron chi connectivity index (χ2n) is 7.02. The molecule has 0 fully saturated rings. The average Bonchev–Trinajstić information content (AvgIpc) is 2.69. The summed E-state index contributed by atoms with van der Waals surface area (Å²) in [5, 5.41) is 2.91. The minimum absolute atomic E-state index is 0.0537. The summed E-state index contributed by atoms with van der Waals surface area (Å²) in [6.45, 7) is 5.89. The number of Topliss-reactive ketones (excluding diaryl/α,β-unsaturated/α-hetero) is 1. The molecule has 2 aromatic carbocycles. The molecule has 0 saturated carbocycles. The molecule has 28 heavy (non-hydrogen) atoms. The van der Waals surface area contributed by atoms with Crippen LogP contribution in [0.3, 0.4) is 0 Å². The first-order valence-electron chi connectivity index (χ1n) is 9.11. The van der Waals surface area contributed by atoms with Crippen LogP contribution in [-0.4, -0.2) is 27.5 Å². The second kappa shape index (κ2) is 7.80. The molecule has 0 unspecified atom stereocenters. The third-order valence-electron chi connectivity index (χ3n) is 4.65. The Kier molecular flexibility index (Phi) is 5.44. The number of methoxy groups -OCH3 is 1. The predicted octanol–water partition coefficient (Wildman–Crippen LogP) is 3.24. The molecule has 3 rings (SSSR count). The first kappa shape index (κ1) is 19.5. The lowest BCUT2D eigenvalue weighted by Crippen LogP contribution is -2.40. The molecule has 0 amide bonds. The van der Waals surface area contributed by atoms with Gasteiger partial charge in [-0.05, 0) is 42.8 Å². The third-order valence-corrected chi connectivity index (χ3v) is 4.65. The molecule has 7 heteroatoms. The summed E-state index contributed by atoms with van der Waals surface area (Å²) >= 11 is 0. The number of rotatable bonds is 7. The van der Waals surface area contributed by atoms with E-state index < -0.39 is 0 Å². The van der Waals surface area contributed by atoms with Gasteiger partial charge in [-0.1, -0.05) is 19.9 Å². The number of ketones is 1. The maximum Gasteiger partial charge on any atom is 0.364 e. The highest BCUT2D eigenvalue weighted by atomic mass is 16.5. The summed E-state index contributed by atoms with van der Waals surface area (Å²) in [6.07, 6.45) is 0. The van der Waals surface area contributed by atoms with Crippen molar-refractivity contribution in [1.82, 2.24) is 14.6 Å². The van der Waals surface area contributed by atoms with E-state index in [1.54, 1.807) is 26.3 Å². The molecule has 7 nitrogen and oxygen atoms in total. The lowest BCUT2D eigenvalue weighted by atomic mass is 9.99. The predicted molar refractivity (Wildman–Crippen MR) is 107 cm³/mol. The van der Waals surface area contributed by atoms with Gasteiger partial charge in [-0.2, -0.15) is 4.68 Å². The maximum absolute atomic E-state index is 12.2. The summed E-state index contributed by atoms with van der Waals surface area (Å²) in [4.78, 5) is 24.3. The van der Waals surface area contributed by atoms with Crippen molar-refractivity contribution in [2.24, 2.45) is 13.0 Å². The summed E-state index contributed by atoms with van der Waals surface area (Å²) < 4.78 is 14.3. The van der Waals surface area contributed by atoms with E-state index in [0.717, 1.165) is 11.1 Å². The van der Waals surface area contributed by atoms with Crippen molar-refractivity contribution >= 4 is 5.78 Å². The number of aryl methyl sites for hydroxylation is 2. The highest BCUT2D eigenvalue weighted by molar-refractivity contribution is 5.97. The first-order chi connectivity index (χ1) is 13.3. The van der Waals surface area contributed by atoms with Crippen molar-refractivity contribution in [3.05, 3.63) is 63.6 Å². The van der Waals surface area contributed by atoms with Crippen LogP contribution in [0.2, 0.25) is 0 Å². The van der Waals surface area contributed by atoms with Crippen molar-refractivity contribution in [2.45, 2.75) is 27.4 Å². The number of nitrogens with zero attached hydrogens (tertiary/aromatic N) is 2. The smallest absolute Gasteiger partial charge is 0.364 e. The average molecular weight is 383 g/mol. The summed E-state index contributed by atoms with van der Waals surface area (Å²) in [7, 11) is 3.23. The van der Waals surface area contributed by atoms with Gasteiger partial charge in [-0.25, -0.2) is 14.7 Å². The van der Waals surface area contributed by atoms with Crippen LogP contribution < -0.4 is 15.2 Å². The van der Waals surface area contributed by atoms with E-state index in [1.165, 1.54) is 9.36 Å². The SMILES string of the molecule is COc1cccc(-n2[nH]n(C)c2=O)c1COc1ccc(C(=O)C(C)C)cc1C. The molecule has 1 aromatic heterocycles. The standard InChI is InChI=1S/C21H25N3O4/c1-13(2)20(25)15-9-10-18(14(3)11-15)28-12-16-17(7-6-8-19(16)27-5)24-21(26)23(4)22-24/h6-11,13,22H,12H2,1-5H3. The number of carbonyl (C=O) groups is 1. The highest BCUT2D eigenvalue weighted by Gasteiger charge is 2.17. The Morgan fingerprint density at radius 2 is 1.93 bits per heavy atom. The zero-order valence-electron chi connectivity index (χ0n) is 16.8. The molecule has 0 saturated heterocycles. The van der Waals surface area contributed by atoms with Crippen molar-refractivity contribution in [2.75, 3.05) is 7.11 Å². The number of benzene rings is 2. The van der Waals surface area contributed by atoms with Gasteiger partial charge in [0.25, 0.3) is 0 Å². The molecular weight excluding hydrogens is 358 g/mol. The van der Waals surface area contributed by atoms with E-state index in [4.69, 9.17) is 9.47 Å². The number of hydrogen-bond acceptors (Lipinski definition) is 4. The molecule has 0 aliphatic carbocycles. The van der Waals surface area contributed by atoms with E-state index in [-0.39, 0.29) is 24.0 Å². The Morgan fingerprint density at radius 3 is 2.50 bits per heavy atom. The molecule has 0 aliphatic heterocycles. The van der Waals surface area contributed by atoms with E-state index >= 15 is 0 Å². The minimum atomic E-state index is -0.165. The Hall–Kier alpha value is -3.22. The normalized spacial score (nSPS) is 11.1.